The van der Waals surface area contributed by atoms with E-state index < -0.39 is 0 Å². The third-order valence-electron chi connectivity index (χ3n) is 8.02. The number of benzene rings is 2. The number of thioether (sulfide) groups is 1. The molecule has 4 fully saturated rings. The second kappa shape index (κ2) is 7.26. The second-order valence-electron chi connectivity index (χ2n) is 9.90. The van der Waals surface area contributed by atoms with Gasteiger partial charge in [0.25, 0.3) is 5.91 Å². The lowest BCUT2D eigenvalue weighted by Gasteiger charge is -2.40. The molecule has 2 aromatic rings. The fourth-order valence-electron chi connectivity index (χ4n) is 6.58. The number of carbonyl (C=O) groups is 2. The molecular formula is C26H30N2O2S. The van der Waals surface area contributed by atoms with Crippen molar-refractivity contribution in [1.29, 1.82) is 0 Å². The van der Waals surface area contributed by atoms with Gasteiger partial charge in [0.15, 0.2) is 0 Å². The molecule has 2 aliphatic heterocycles. The molecule has 4 nitrogen and oxygen atoms in total. The molecule has 0 aromatic heterocycles. The summed E-state index contributed by atoms with van der Waals surface area (Å²) in [5, 5.41) is 2.34. The third kappa shape index (κ3) is 2.95. The van der Waals surface area contributed by atoms with E-state index in [1.807, 2.05) is 23.9 Å². The molecule has 2 saturated carbocycles. The zero-order valence-corrected chi connectivity index (χ0v) is 18.8. The Balaban J connectivity index is 1.36. The van der Waals surface area contributed by atoms with Crippen molar-refractivity contribution in [3.8, 4) is 0 Å². The fraction of sp³-hybridized carbons (Fsp3) is 0.538. The summed E-state index contributed by atoms with van der Waals surface area (Å²) in [6, 6.07) is 14.2. The van der Waals surface area contributed by atoms with Crippen LogP contribution in [-0.2, 0) is 11.3 Å². The SMILES string of the molecule is O=C1C2N(C(=O)N1Cc1ccc3ccccc3c1)C1(CCCCC1)SC21CCCCC1. The average Bonchev–Trinajstić information content (AvgIpc) is 3.20. The summed E-state index contributed by atoms with van der Waals surface area (Å²) in [5.74, 6) is 0.0509. The smallest absolute Gasteiger partial charge is 0.296 e. The number of imide groups is 1. The summed E-state index contributed by atoms with van der Waals surface area (Å²) in [6.45, 7) is 0.381. The lowest BCUT2D eigenvalue weighted by atomic mass is 9.81. The Hall–Kier alpha value is -2.01. The molecule has 2 aromatic carbocycles. The van der Waals surface area contributed by atoms with Gasteiger partial charge in [0.1, 0.15) is 6.04 Å². The number of fused-ring (bicyclic) bond motifs is 4. The van der Waals surface area contributed by atoms with Gasteiger partial charge in [-0.1, -0.05) is 74.9 Å². The van der Waals surface area contributed by atoms with Crippen molar-refractivity contribution in [3.05, 3.63) is 48.0 Å². The Kier molecular flexibility index (Phi) is 4.60. The number of amides is 3. The first-order valence-corrected chi connectivity index (χ1v) is 12.8. The van der Waals surface area contributed by atoms with Crippen LogP contribution in [0.3, 0.4) is 0 Å². The van der Waals surface area contributed by atoms with Gasteiger partial charge in [0.05, 0.1) is 11.4 Å². The van der Waals surface area contributed by atoms with E-state index in [1.165, 1.54) is 43.9 Å². The van der Waals surface area contributed by atoms with Crippen LogP contribution < -0.4 is 0 Å². The zero-order valence-electron chi connectivity index (χ0n) is 18.0. The van der Waals surface area contributed by atoms with Crippen molar-refractivity contribution in [2.75, 3.05) is 0 Å². The van der Waals surface area contributed by atoms with Gasteiger partial charge >= 0.3 is 6.03 Å². The van der Waals surface area contributed by atoms with Gasteiger partial charge < -0.3 is 0 Å². The highest BCUT2D eigenvalue weighted by molar-refractivity contribution is 8.02. The number of carbonyl (C=O) groups excluding carboxylic acids is 2. The Morgan fingerprint density at radius 2 is 1.52 bits per heavy atom. The predicted molar refractivity (Wildman–Crippen MR) is 125 cm³/mol. The number of hydrogen-bond acceptors (Lipinski definition) is 3. The van der Waals surface area contributed by atoms with E-state index in [2.05, 4.69) is 35.2 Å². The van der Waals surface area contributed by atoms with Crippen molar-refractivity contribution < 1.29 is 9.59 Å². The van der Waals surface area contributed by atoms with Crippen LogP contribution in [0.1, 0.15) is 69.8 Å². The molecule has 2 saturated heterocycles. The van der Waals surface area contributed by atoms with Gasteiger partial charge in [-0.2, -0.15) is 0 Å². The van der Waals surface area contributed by atoms with Crippen LogP contribution in [0.5, 0.6) is 0 Å². The van der Waals surface area contributed by atoms with Crippen LogP contribution >= 0.6 is 11.8 Å². The molecule has 0 radical (unpaired) electrons. The number of hydrogen-bond donors (Lipinski definition) is 0. The van der Waals surface area contributed by atoms with Crippen LogP contribution in [0.4, 0.5) is 4.79 Å². The predicted octanol–water partition coefficient (Wildman–Crippen LogP) is 6.08. The van der Waals surface area contributed by atoms with Crippen molar-refractivity contribution in [2.24, 2.45) is 0 Å². The van der Waals surface area contributed by atoms with E-state index in [9.17, 15) is 9.59 Å². The van der Waals surface area contributed by atoms with E-state index in [4.69, 9.17) is 0 Å². The Labute approximate surface area is 188 Å². The van der Waals surface area contributed by atoms with Crippen molar-refractivity contribution >= 4 is 34.5 Å². The second-order valence-corrected chi connectivity index (χ2v) is 11.7. The van der Waals surface area contributed by atoms with Gasteiger partial charge in [-0.25, -0.2) is 4.79 Å². The summed E-state index contributed by atoms with van der Waals surface area (Å²) in [4.78, 5) is 31.1. The van der Waals surface area contributed by atoms with E-state index in [0.717, 1.165) is 36.6 Å². The molecule has 5 heteroatoms. The van der Waals surface area contributed by atoms with Gasteiger partial charge in [-0.15, -0.1) is 11.8 Å². The molecule has 0 bridgehead atoms. The largest absolute Gasteiger partial charge is 0.328 e. The Morgan fingerprint density at radius 1 is 0.839 bits per heavy atom. The molecule has 2 spiro atoms. The first kappa shape index (κ1) is 19.7. The van der Waals surface area contributed by atoms with E-state index in [0.29, 0.717) is 6.54 Å². The summed E-state index contributed by atoms with van der Waals surface area (Å²) in [7, 11) is 0. The molecule has 1 unspecified atom stereocenters. The number of rotatable bonds is 2. The van der Waals surface area contributed by atoms with Crippen LogP contribution in [-0.4, -0.2) is 37.4 Å². The molecule has 4 aliphatic rings. The van der Waals surface area contributed by atoms with Gasteiger partial charge in [-0.05, 0) is 48.1 Å². The highest BCUT2D eigenvalue weighted by Gasteiger charge is 2.68. The number of urea groups is 1. The zero-order chi connectivity index (χ0) is 21.1. The monoisotopic (exact) mass is 434 g/mol. The first-order chi connectivity index (χ1) is 15.1. The molecule has 162 valence electrons. The van der Waals surface area contributed by atoms with Crippen LogP contribution in [0, 0.1) is 0 Å². The maximum Gasteiger partial charge on any atom is 0.328 e. The molecular weight excluding hydrogens is 404 g/mol. The molecule has 31 heavy (non-hydrogen) atoms. The summed E-state index contributed by atoms with van der Waals surface area (Å²) in [5.41, 5.74) is 1.03. The minimum Gasteiger partial charge on any atom is -0.296 e. The van der Waals surface area contributed by atoms with Crippen LogP contribution in [0.15, 0.2) is 42.5 Å². The van der Waals surface area contributed by atoms with Gasteiger partial charge in [-0.3, -0.25) is 14.6 Å². The van der Waals surface area contributed by atoms with Crippen LogP contribution in [0.25, 0.3) is 10.8 Å². The minimum absolute atomic E-state index is 0.0417. The fourth-order valence-corrected chi connectivity index (χ4v) is 8.93. The van der Waals surface area contributed by atoms with E-state index in [1.54, 1.807) is 4.90 Å². The molecule has 0 N–H and O–H groups in total. The Morgan fingerprint density at radius 3 is 2.26 bits per heavy atom. The van der Waals surface area contributed by atoms with Crippen molar-refractivity contribution in [2.45, 2.75) is 86.4 Å². The van der Waals surface area contributed by atoms with Crippen LogP contribution in [0.2, 0.25) is 0 Å². The molecule has 3 amide bonds. The lowest BCUT2D eigenvalue weighted by molar-refractivity contribution is -0.129. The Bertz CT molecular complexity index is 997. The molecule has 2 heterocycles. The highest BCUT2D eigenvalue weighted by Crippen LogP contribution is 2.63. The molecule has 1 atom stereocenters. The first-order valence-electron chi connectivity index (χ1n) is 11.9. The number of nitrogens with zero attached hydrogens (tertiary/aromatic N) is 2. The maximum absolute atomic E-state index is 13.8. The molecule has 2 aliphatic carbocycles. The van der Waals surface area contributed by atoms with E-state index in [-0.39, 0.29) is 27.6 Å². The minimum atomic E-state index is -0.260. The highest BCUT2D eigenvalue weighted by atomic mass is 32.2. The van der Waals surface area contributed by atoms with Crippen molar-refractivity contribution in [3.63, 3.8) is 0 Å². The summed E-state index contributed by atoms with van der Waals surface area (Å²) < 4.78 is -0.0690. The summed E-state index contributed by atoms with van der Waals surface area (Å²) in [6.07, 6.45) is 11.4. The molecule has 6 rings (SSSR count). The average molecular weight is 435 g/mol. The summed E-state index contributed by atoms with van der Waals surface area (Å²) >= 11 is 2.02. The van der Waals surface area contributed by atoms with E-state index >= 15 is 0 Å². The van der Waals surface area contributed by atoms with Gasteiger partial charge in [0.2, 0.25) is 0 Å². The lowest BCUT2D eigenvalue weighted by Crippen LogP contribution is -2.50. The quantitative estimate of drug-likeness (QED) is 0.538. The maximum atomic E-state index is 13.8. The topological polar surface area (TPSA) is 40.6 Å². The normalized spacial score (nSPS) is 26.9. The van der Waals surface area contributed by atoms with Crippen molar-refractivity contribution in [1.82, 2.24) is 9.80 Å². The van der Waals surface area contributed by atoms with Gasteiger partial charge in [0, 0.05) is 4.75 Å². The third-order valence-corrected chi connectivity index (χ3v) is 10.0. The standard InChI is InChI=1S/C26H30N2O2S/c29-23-22-25(13-5-1-6-14-25)31-26(15-7-2-8-16-26)28(22)24(30)27(23)18-19-11-12-20-9-3-4-10-21(20)17-19/h3-4,9-12,17,22H,1-2,5-8,13-16,18H2.